The fraction of sp³-hybridized carbons (Fsp3) is 0.355. The first kappa shape index (κ1) is 26.2. The van der Waals surface area contributed by atoms with Crippen molar-refractivity contribution in [1.82, 2.24) is 4.90 Å². The molecule has 0 spiro atoms. The quantitative estimate of drug-likeness (QED) is 0.514. The number of carbonyl (C=O) groups is 2. The molecule has 0 radical (unpaired) electrons. The van der Waals surface area contributed by atoms with Gasteiger partial charge in [-0.3, -0.25) is 9.59 Å². The Hall–Kier alpha value is -3.00. The number of rotatable bonds is 4. The number of nitrogens with zero attached hydrogens (tertiary/aromatic N) is 2. The molecule has 0 aromatic heterocycles. The minimum absolute atomic E-state index is 0.0387. The summed E-state index contributed by atoms with van der Waals surface area (Å²) in [6.45, 7) is 3.65. The highest BCUT2D eigenvalue weighted by Crippen LogP contribution is 2.36. The number of fused-ring (bicyclic) bond motifs is 2. The van der Waals surface area contributed by atoms with Gasteiger partial charge < -0.3 is 14.7 Å². The number of carbonyl (C=O) groups excluding carboxylic acids is 2. The lowest BCUT2D eigenvalue weighted by atomic mass is 9.94. The summed E-state index contributed by atoms with van der Waals surface area (Å²) < 4.78 is 13.7. The van der Waals surface area contributed by atoms with E-state index in [1.54, 1.807) is 58.3 Å². The molecule has 2 amide bonds. The molecule has 6 nitrogen and oxygen atoms in total. The minimum Gasteiger partial charge on any atom is -0.330 e. The topological polar surface area (TPSA) is 62.1 Å². The molecule has 1 aliphatic carbocycles. The summed E-state index contributed by atoms with van der Waals surface area (Å²) >= 11 is 6.24. The second kappa shape index (κ2) is 11.2. The Labute approximate surface area is 237 Å². The van der Waals surface area contributed by atoms with Crippen LogP contribution in [0.2, 0.25) is 5.02 Å². The highest BCUT2D eigenvalue weighted by atomic mass is 35.5. The van der Waals surface area contributed by atoms with Gasteiger partial charge >= 0.3 is 0 Å². The summed E-state index contributed by atoms with van der Waals surface area (Å²) in [5, 5.41) is 0.581. The van der Waals surface area contributed by atoms with Gasteiger partial charge in [0.15, 0.2) is 0 Å². The molecule has 2 heterocycles. The Morgan fingerprint density at radius 2 is 1.69 bits per heavy atom. The summed E-state index contributed by atoms with van der Waals surface area (Å²) in [7, 11) is -1.56. The molecule has 2 fully saturated rings. The number of quaternary nitrogens is 1. The fourth-order valence-electron chi connectivity index (χ4n) is 6.27. The molecule has 1 saturated carbocycles. The summed E-state index contributed by atoms with van der Waals surface area (Å²) in [5.41, 5.74) is 2.28. The molecular formula is C31H33ClN3O3S+. The molecule has 3 aromatic rings. The lowest BCUT2D eigenvalue weighted by molar-refractivity contribution is -0.930. The molecule has 202 valence electrons. The molecule has 1 unspecified atom stereocenters. The predicted molar refractivity (Wildman–Crippen MR) is 153 cm³/mol. The Morgan fingerprint density at radius 1 is 0.923 bits per heavy atom. The van der Waals surface area contributed by atoms with E-state index in [0.29, 0.717) is 31.6 Å². The zero-order chi connectivity index (χ0) is 26.9. The van der Waals surface area contributed by atoms with Crippen molar-refractivity contribution in [3.8, 4) is 0 Å². The van der Waals surface area contributed by atoms with Crippen LogP contribution in [-0.4, -0.2) is 53.1 Å². The maximum atomic E-state index is 13.9. The van der Waals surface area contributed by atoms with E-state index >= 15 is 0 Å². The average molecular weight is 563 g/mol. The van der Waals surface area contributed by atoms with Gasteiger partial charge in [-0.15, -0.1) is 0 Å². The van der Waals surface area contributed by atoms with E-state index in [1.165, 1.54) is 32.1 Å². The van der Waals surface area contributed by atoms with Gasteiger partial charge in [-0.05, 0) is 73.7 Å². The van der Waals surface area contributed by atoms with E-state index in [9.17, 15) is 13.8 Å². The van der Waals surface area contributed by atoms with E-state index in [4.69, 9.17) is 11.6 Å². The van der Waals surface area contributed by atoms with Gasteiger partial charge in [0.1, 0.15) is 0 Å². The van der Waals surface area contributed by atoms with Crippen molar-refractivity contribution in [2.45, 2.75) is 54.5 Å². The van der Waals surface area contributed by atoms with Gasteiger partial charge in [0.25, 0.3) is 11.8 Å². The van der Waals surface area contributed by atoms with Crippen LogP contribution in [0, 0.1) is 0 Å². The maximum absolute atomic E-state index is 13.9. The van der Waals surface area contributed by atoms with Crippen molar-refractivity contribution in [2.24, 2.45) is 0 Å². The summed E-state index contributed by atoms with van der Waals surface area (Å²) in [6.07, 6.45) is 6.58. The number of halogens is 1. The van der Waals surface area contributed by atoms with Crippen molar-refractivity contribution < 1.29 is 18.7 Å². The lowest BCUT2D eigenvalue weighted by Crippen LogP contribution is -3.18. The highest BCUT2D eigenvalue weighted by Gasteiger charge is 2.34. The van der Waals surface area contributed by atoms with Crippen LogP contribution in [0.25, 0.3) is 0 Å². The van der Waals surface area contributed by atoms with Gasteiger partial charge in [0.2, 0.25) is 0 Å². The van der Waals surface area contributed by atoms with Crippen LogP contribution in [0.15, 0.2) is 76.5 Å². The third-order valence-electron chi connectivity index (χ3n) is 8.36. The van der Waals surface area contributed by atoms with E-state index in [0.717, 1.165) is 37.8 Å². The molecule has 39 heavy (non-hydrogen) atoms. The second-order valence-corrected chi connectivity index (χ2v) is 12.6. The molecule has 1 atom stereocenters. The first-order valence-corrected chi connectivity index (χ1v) is 15.4. The van der Waals surface area contributed by atoms with Crippen LogP contribution in [0.4, 0.5) is 5.69 Å². The molecule has 6 rings (SSSR count). The number of hydrogen-bond donors (Lipinski definition) is 1. The standard InChI is InChI=1S/C31H32ClN3O3S/c32-24-8-6-7-22(19-24)21-35-27-20-23(13-14-29(27)39(38)28-12-5-4-11-26(28)31(35)37)30(36)34-17-15-33(16-18-34)25-9-2-1-3-10-25/h4-8,11-14,19-20,25H,1-3,9-10,15-18,21H2/p+1. The van der Waals surface area contributed by atoms with Crippen molar-refractivity contribution in [3.63, 3.8) is 0 Å². The molecule has 3 aromatic carbocycles. The third kappa shape index (κ3) is 5.28. The van der Waals surface area contributed by atoms with Gasteiger partial charge in [-0.1, -0.05) is 42.3 Å². The van der Waals surface area contributed by atoms with Gasteiger partial charge in [0.05, 0.1) is 70.6 Å². The molecule has 2 aliphatic heterocycles. The molecule has 1 saturated heterocycles. The van der Waals surface area contributed by atoms with Crippen LogP contribution >= 0.6 is 11.6 Å². The number of piperazine rings is 1. The van der Waals surface area contributed by atoms with Crippen LogP contribution in [-0.2, 0) is 17.3 Å². The lowest BCUT2D eigenvalue weighted by Gasteiger charge is -2.38. The number of amides is 2. The van der Waals surface area contributed by atoms with Crippen molar-refractivity contribution in [3.05, 3.63) is 88.4 Å². The highest BCUT2D eigenvalue weighted by molar-refractivity contribution is 7.85. The second-order valence-electron chi connectivity index (χ2n) is 10.8. The SMILES string of the molecule is O=C(c1ccc2c(c1)N(Cc1cccc(Cl)c1)C(=O)c1ccccc1S2=O)N1CC[NH+](C2CCCCC2)CC1. The maximum Gasteiger partial charge on any atom is 0.259 e. The summed E-state index contributed by atoms with van der Waals surface area (Å²) in [4.78, 5) is 33.7. The van der Waals surface area contributed by atoms with E-state index in [2.05, 4.69) is 0 Å². The minimum atomic E-state index is -1.56. The van der Waals surface area contributed by atoms with E-state index < -0.39 is 10.8 Å². The number of benzene rings is 3. The first-order valence-electron chi connectivity index (χ1n) is 13.8. The summed E-state index contributed by atoms with van der Waals surface area (Å²) in [5.74, 6) is -0.282. The normalized spacial score (nSPS) is 20.3. The Balaban J connectivity index is 1.31. The number of hydrogen-bond acceptors (Lipinski definition) is 3. The third-order valence-corrected chi connectivity index (χ3v) is 10.1. The number of nitrogens with one attached hydrogen (secondary N) is 1. The largest absolute Gasteiger partial charge is 0.330 e. The van der Waals surface area contributed by atoms with Gasteiger partial charge in [-0.25, -0.2) is 4.21 Å². The van der Waals surface area contributed by atoms with Gasteiger partial charge in [-0.2, -0.15) is 0 Å². The zero-order valence-electron chi connectivity index (χ0n) is 21.9. The zero-order valence-corrected chi connectivity index (χ0v) is 23.5. The van der Waals surface area contributed by atoms with E-state index in [1.807, 2.05) is 23.1 Å². The molecule has 8 heteroatoms. The van der Waals surface area contributed by atoms with Crippen molar-refractivity contribution >= 4 is 39.9 Å². The fourth-order valence-corrected chi connectivity index (χ4v) is 7.83. The first-order chi connectivity index (χ1) is 19.0. The molecular weight excluding hydrogens is 530 g/mol. The predicted octanol–water partition coefficient (Wildman–Crippen LogP) is 4.34. The molecule has 3 aliphatic rings. The smallest absolute Gasteiger partial charge is 0.259 e. The Kier molecular flexibility index (Phi) is 7.56. The van der Waals surface area contributed by atoms with Gasteiger partial charge in [0, 0.05) is 10.6 Å². The molecule has 0 bridgehead atoms. The van der Waals surface area contributed by atoms with Crippen LogP contribution in [0.1, 0.15) is 58.4 Å². The monoisotopic (exact) mass is 562 g/mol. The van der Waals surface area contributed by atoms with Crippen LogP contribution in [0.3, 0.4) is 0 Å². The Morgan fingerprint density at radius 3 is 2.46 bits per heavy atom. The van der Waals surface area contributed by atoms with E-state index in [-0.39, 0.29) is 18.4 Å². The van der Waals surface area contributed by atoms with Crippen LogP contribution < -0.4 is 9.80 Å². The summed E-state index contributed by atoms with van der Waals surface area (Å²) in [6, 6.07) is 20.4. The molecule has 1 N–H and O–H groups in total. The van der Waals surface area contributed by atoms with Crippen LogP contribution in [0.5, 0.6) is 0 Å². The Bertz CT molecular complexity index is 1430. The average Bonchev–Trinajstić information content (AvgIpc) is 3.06. The van der Waals surface area contributed by atoms with Crippen molar-refractivity contribution in [2.75, 3.05) is 31.1 Å². The van der Waals surface area contributed by atoms with Crippen molar-refractivity contribution in [1.29, 1.82) is 0 Å². The number of anilines is 1.